The predicted molar refractivity (Wildman–Crippen MR) is 104 cm³/mol. The van der Waals surface area contributed by atoms with Gasteiger partial charge in [-0.2, -0.15) is 0 Å². The van der Waals surface area contributed by atoms with Crippen LogP contribution >= 0.6 is 22.9 Å². The van der Waals surface area contributed by atoms with Gasteiger partial charge in [0, 0.05) is 4.88 Å². The van der Waals surface area contributed by atoms with Gasteiger partial charge in [0.15, 0.2) is 5.82 Å². The molecule has 0 unspecified atom stereocenters. The van der Waals surface area contributed by atoms with Crippen LogP contribution in [0.1, 0.15) is 45.0 Å². The number of carboxylic acid groups (broad SMARTS) is 1. The first-order chi connectivity index (χ1) is 12.5. The van der Waals surface area contributed by atoms with Crippen molar-refractivity contribution in [2.24, 2.45) is 0 Å². The van der Waals surface area contributed by atoms with Gasteiger partial charge in [-0.1, -0.05) is 23.7 Å². The molecule has 0 atom stereocenters. The lowest BCUT2D eigenvalue weighted by Gasteiger charge is -2.09. The number of halogens is 1. The maximum atomic E-state index is 12.6. The van der Waals surface area contributed by atoms with E-state index in [0.29, 0.717) is 16.2 Å². The van der Waals surface area contributed by atoms with Crippen molar-refractivity contribution < 1.29 is 9.90 Å². The zero-order valence-corrected chi connectivity index (χ0v) is 15.3. The van der Waals surface area contributed by atoms with Gasteiger partial charge in [0.25, 0.3) is 5.56 Å². The summed E-state index contributed by atoms with van der Waals surface area (Å²) in [6, 6.07) is 6.33. The summed E-state index contributed by atoms with van der Waals surface area (Å²) in [7, 11) is 0. The SMILES string of the molecule is O=C(O)c1ccc(/C=C(\Cl)c2nc3sc4c(c3c(=O)[nH]2)CCCC4)cc1. The van der Waals surface area contributed by atoms with Crippen LogP contribution in [0, 0.1) is 0 Å². The number of rotatable bonds is 3. The standard InChI is InChI=1S/C19H15ClN2O3S/c20-13(9-10-5-7-11(8-6-10)19(24)25)16-21-17(23)15-12-3-1-2-4-14(12)26-18(15)22-16/h5-9H,1-4H2,(H,24,25)(H,21,22,23)/b13-9-. The lowest BCUT2D eigenvalue weighted by molar-refractivity contribution is 0.0697. The second-order valence-corrected chi connectivity index (χ2v) is 7.72. The van der Waals surface area contributed by atoms with Gasteiger partial charge in [0.1, 0.15) is 4.83 Å². The average molecular weight is 387 g/mol. The maximum absolute atomic E-state index is 12.6. The number of aromatic carboxylic acids is 1. The van der Waals surface area contributed by atoms with E-state index in [4.69, 9.17) is 16.7 Å². The van der Waals surface area contributed by atoms with Gasteiger partial charge in [-0.05, 0) is 55.0 Å². The monoisotopic (exact) mass is 386 g/mol. The summed E-state index contributed by atoms with van der Waals surface area (Å²) in [6.45, 7) is 0. The summed E-state index contributed by atoms with van der Waals surface area (Å²) in [5.41, 5.74) is 1.92. The molecule has 1 aliphatic carbocycles. The molecule has 1 aromatic carbocycles. The largest absolute Gasteiger partial charge is 0.478 e. The molecule has 0 aliphatic heterocycles. The van der Waals surface area contributed by atoms with Crippen LogP contribution in [0.15, 0.2) is 29.1 Å². The molecule has 4 rings (SSSR count). The third kappa shape index (κ3) is 3.06. The highest BCUT2D eigenvalue weighted by Gasteiger charge is 2.20. The number of fused-ring (bicyclic) bond motifs is 3. The molecule has 0 bridgehead atoms. The fourth-order valence-electron chi connectivity index (χ4n) is 3.21. The maximum Gasteiger partial charge on any atom is 0.335 e. The number of aryl methyl sites for hydroxylation is 2. The van der Waals surface area contributed by atoms with Crippen molar-refractivity contribution in [1.29, 1.82) is 0 Å². The number of benzene rings is 1. The molecule has 5 nitrogen and oxygen atoms in total. The van der Waals surface area contributed by atoms with E-state index in [1.807, 2.05) is 0 Å². The van der Waals surface area contributed by atoms with Gasteiger partial charge < -0.3 is 10.1 Å². The summed E-state index contributed by atoms with van der Waals surface area (Å²) in [6.07, 6.45) is 5.85. The molecule has 1 aliphatic rings. The van der Waals surface area contributed by atoms with E-state index >= 15 is 0 Å². The Balaban J connectivity index is 1.73. The number of carboxylic acids is 1. The summed E-state index contributed by atoms with van der Waals surface area (Å²) >= 11 is 7.93. The lowest BCUT2D eigenvalue weighted by Crippen LogP contribution is -2.12. The highest BCUT2D eigenvalue weighted by Crippen LogP contribution is 2.34. The third-order valence-electron chi connectivity index (χ3n) is 4.50. The van der Waals surface area contributed by atoms with Crippen LogP contribution in [0.5, 0.6) is 0 Å². The third-order valence-corrected chi connectivity index (χ3v) is 5.98. The minimum Gasteiger partial charge on any atom is -0.478 e. The first-order valence-electron chi connectivity index (χ1n) is 8.28. The summed E-state index contributed by atoms with van der Waals surface area (Å²) in [5.74, 6) is -0.658. The van der Waals surface area contributed by atoms with Crippen molar-refractivity contribution in [2.45, 2.75) is 25.7 Å². The zero-order chi connectivity index (χ0) is 18.3. The minimum absolute atomic E-state index is 0.155. The molecule has 0 spiro atoms. The van der Waals surface area contributed by atoms with Crippen molar-refractivity contribution >= 4 is 50.2 Å². The molecule has 3 aromatic rings. The molecule has 2 N–H and O–H groups in total. The summed E-state index contributed by atoms with van der Waals surface area (Å²) in [5, 5.41) is 9.95. The highest BCUT2D eigenvalue weighted by molar-refractivity contribution is 7.18. The van der Waals surface area contributed by atoms with Crippen molar-refractivity contribution in [3.05, 3.63) is 62.0 Å². The van der Waals surface area contributed by atoms with Gasteiger partial charge in [-0.25, -0.2) is 9.78 Å². The Morgan fingerprint density at radius 3 is 2.69 bits per heavy atom. The van der Waals surface area contributed by atoms with Gasteiger partial charge in [-0.15, -0.1) is 11.3 Å². The number of hydrogen-bond acceptors (Lipinski definition) is 4. The summed E-state index contributed by atoms with van der Waals surface area (Å²) in [4.78, 5) is 32.8. The van der Waals surface area contributed by atoms with Crippen LogP contribution in [-0.2, 0) is 12.8 Å². The van der Waals surface area contributed by atoms with Crippen molar-refractivity contribution in [3.8, 4) is 0 Å². The molecule has 132 valence electrons. The van der Waals surface area contributed by atoms with E-state index in [9.17, 15) is 9.59 Å². The molecule has 0 radical (unpaired) electrons. The number of H-pyrrole nitrogens is 1. The Morgan fingerprint density at radius 1 is 1.23 bits per heavy atom. The van der Waals surface area contributed by atoms with Gasteiger partial charge in [0.2, 0.25) is 0 Å². The Morgan fingerprint density at radius 2 is 1.96 bits per heavy atom. The predicted octanol–water partition coefficient (Wildman–Crippen LogP) is 4.30. The molecule has 0 amide bonds. The smallest absolute Gasteiger partial charge is 0.335 e. The van der Waals surface area contributed by atoms with E-state index in [1.54, 1.807) is 29.5 Å². The molecule has 0 saturated carbocycles. The van der Waals surface area contributed by atoms with E-state index in [0.717, 1.165) is 41.6 Å². The molecule has 0 saturated heterocycles. The molecule has 0 fully saturated rings. The number of aromatic nitrogens is 2. The fraction of sp³-hybridized carbons (Fsp3) is 0.211. The van der Waals surface area contributed by atoms with E-state index < -0.39 is 5.97 Å². The molecular formula is C19H15ClN2O3S. The van der Waals surface area contributed by atoms with Crippen LogP contribution in [0.2, 0.25) is 0 Å². The zero-order valence-electron chi connectivity index (χ0n) is 13.7. The Bertz CT molecular complexity index is 1100. The number of nitrogens with zero attached hydrogens (tertiary/aromatic N) is 1. The Labute approximate surface area is 158 Å². The topological polar surface area (TPSA) is 83.0 Å². The second kappa shape index (κ2) is 6.70. The second-order valence-electron chi connectivity index (χ2n) is 6.23. The quantitative estimate of drug-likeness (QED) is 0.703. The van der Waals surface area contributed by atoms with Crippen molar-refractivity contribution in [3.63, 3.8) is 0 Å². The lowest BCUT2D eigenvalue weighted by atomic mass is 9.97. The minimum atomic E-state index is -0.982. The van der Waals surface area contributed by atoms with Crippen LogP contribution in [0.3, 0.4) is 0 Å². The fourth-order valence-corrected chi connectivity index (χ4v) is 4.69. The number of nitrogens with one attached hydrogen (secondary N) is 1. The van der Waals surface area contributed by atoms with Crippen molar-refractivity contribution in [2.75, 3.05) is 0 Å². The van der Waals surface area contributed by atoms with E-state index in [-0.39, 0.29) is 11.1 Å². The number of carbonyl (C=O) groups is 1. The molecule has 7 heteroatoms. The first kappa shape index (κ1) is 17.0. The average Bonchev–Trinajstić information content (AvgIpc) is 3.01. The number of thiophene rings is 1. The molecule has 2 aromatic heterocycles. The van der Waals surface area contributed by atoms with E-state index in [1.165, 1.54) is 17.0 Å². The van der Waals surface area contributed by atoms with Crippen LogP contribution in [-0.4, -0.2) is 21.0 Å². The normalized spacial score (nSPS) is 14.4. The van der Waals surface area contributed by atoms with Gasteiger partial charge in [-0.3, -0.25) is 4.79 Å². The van der Waals surface area contributed by atoms with Crippen LogP contribution in [0.25, 0.3) is 21.3 Å². The first-order valence-corrected chi connectivity index (χ1v) is 9.48. The van der Waals surface area contributed by atoms with Crippen LogP contribution < -0.4 is 5.56 Å². The van der Waals surface area contributed by atoms with E-state index in [2.05, 4.69) is 9.97 Å². The Hall–Kier alpha value is -2.44. The summed E-state index contributed by atoms with van der Waals surface area (Å²) < 4.78 is 0. The molecular weight excluding hydrogens is 372 g/mol. The van der Waals surface area contributed by atoms with Crippen molar-refractivity contribution in [1.82, 2.24) is 9.97 Å². The van der Waals surface area contributed by atoms with Gasteiger partial charge >= 0.3 is 5.97 Å². The van der Waals surface area contributed by atoms with Gasteiger partial charge in [0.05, 0.1) is 16.0 Å². The molecule has 2 heterocycles. The van der Waals surface area contributed by atoms with Crippen LogP contribution in [0.4, 0.5) is 0 Å². The highest BCUT2D eigenvalue weighted by atomic mass is 35.5. The molecule has 26 heavy (non-hydrogen) atoms. The number of hydrogen-bond donors (Lipinski definition) is 2. The number of aromatic amines is 1. The Kier molecular flexibility index (Phi) is 4.38.